The SMILES string of the molecule is CCNC(=O)CCC(N)C(=O)OCc1ccccc1.Cl. The van der Waals surface area contributed by atoms with Gasteiger partial charge in [-0.05, 0) is 18.9 Å². The molecular formula is C14H21ClN2O3. The third kappa shape index (κ3) is 7.11. The minimum absolute atomic E-state index is 0. The number of hydrogen-bond acceptors (Lipinski definition) is 4. The Kier molecular flexibility index (Phi) is 9.41. The maximum atomic E-state index is 11.6. The van der Waals surface area contributed by atoms with Gasteiger partial charge in [-0.1, -0.05) is 30.3 Å². The lowest BCUT2D eigenvalue weighted by molar-refractivity contribution is -0.146. The van der Waals surface area contributed by atoms with E-state index in [-0.39, 0.29) is 31.3 Å². The van der Waals surface area contributed by atoms with Gasteiger partial charge in [0.25, 0.3) is 0 Å². The molecule has 6 heteroatoms. The maximum Gasteiger partial charge on any atom is 0.323 e. The van der Waals surface area contributed by atoms with Crippen molar-refractivity contribution in [2.75, 3.05) is 6.54 Å². The van der Waals surface area contributed by atoms with Crippen LogP contribution in [-0.2, 0) is 20.9 Å². The van der Waals surface area contributed by atoms with Crippen molar-refractivity contribution in [2.24, 2.45) is 5.73 Å². The number of halogens is 1. The Morgan fingerprint density at radius 3 is 2.55 bits per heavy atom. The van der Waals surface area contributed by atoms with Gasteiger partial charge in [-0.25, -0.2) is 0 Å². The maximum absolute atomic E-state index is 11.6. The fourth-order valence-electron chi connectivity index (χ4n) is 1.53. The van der Waals surface area contributed by atoms with Crippen LogP contribution in [-0.4, -0.2) is 24.5 Å². The topological polar surface area (TPSA) is 81.4 Å². The number of hydrogen-bond donors (Lipinski definition) is 2. The average molecular weight is 301 g/mol. The van der Waals surface area contributed by atoms with E-state index in [1.54, 1.807) is 0 Å². The molecule has 0 heterocycles. The molecule has 0 radical (unpaired) electrons. The zero-order chi connectivity index (χ0) is 14.1. The average Bonchev–Trinajstić information content (AvgIpc) is 2.43. The van der Waals surface area contributed by atoms with Crippen molar-refractivity contribution in [2.45, 2.75) is 32.4 Å². The van der Waals surface area contributed by atoms with Gasteiger partial charge in [0.05, 0.1) is 0 Å². The van der Waals surface area contributed by atoms with E-state index in [2.05, 4.69) is 5.32 Å². The first-order valence-electron chi connectivity index (χ1n) is 6.36. The van der Waals surface area contributed by atoms with Gasteiger partial charge in [0, 0.05) is 13.0 Å². The number of carbonyl (C=O) groups excluding carboxylic acids is 2. The van der Waals surface area contributed by atoms with Crippen LogP contribution in [0.2, 0.25) is 0 Å². The van der Waals surface area contributed by atoms with Gasteiger partial charge in [0.1, 0.15) is 12.6 Å². The summed E-state index contributed by atoms with van der Waals surface area (Å²) < 4.78 is 5.09. The van der Waals surface area contributed by atoms with Gasteiger partial charge >= 0.3 is 5.97 Å². The second kappa shape index (κ2) is 10.2. The highest BCUT2D eigenvalue weighted by atomic mass is 35.5. The summed E-state index contributed by atoms with van der Waals surface area (Å²) in [6.45, 7) is 2.62. The van der Waals surface area contributed by atoms with Crippen LogP contribution in [0, 0.1) is 0 Å². The summed E-state index contributed by atoms with van der Waals surface area (Å²) in [7, 11) is 0. The molecule has 3 N–H and O–H groups in total. The van der Waals surface area contributed by atoms with E-state index in [0.717, 1.165) is 5.56 Å². The van der Waals surface area contributed by atoms with Crippen molar-refractivity contribution in [3.63, 3.8) is 0 Å². The molecule has 0 fully saturated rings. The zero-order valence-electron chi connectivity index (χ0n) is 11.5. The lowest BCUT2D eigenvalue weighted by atomic mass is 10.1. The summed E-state index contributed by atoms with van der Waals surface area (Å²) in [4.78, 5) is 22.8. The Morgan fingerprint density at radius 1 is 1.30 bits per heavy atom. The molecule has 20 heavy (non-hydrogen) atoms. The fraction of sp³-hybridized carbons (Fsp3) is 0.429. The molecule has 0 aliphatic carbocycles. The highest BCUT2D eigenvalue weighted by molar-refractivity contribution is 5.85. The third-order valence-electron chi connectivity index (χ3n) is 2.58. The molecule has 1 unspecified atom stereocenters. The molecule has 0 saturated heterocycles. The number of amides is 1. The molecule has 0 aromatic heterocycles. The van der Waals surface area contributed by atoms with E-state index < -0.39 is 12.0 Å². The monoisotopic (exact) mass is 300 g/mol. The normalized spacial score (nSPS) is 11.1. The Balaban J connectivity index is 0.00000361. The highest BCUT2D eigenvalue weighted by Gasteiger charge is 2.16. The molecule has 0 aliphatic rings. The summed E-state index contributed by atoms with van der Waals surface area (Å²) in [5.41, 5.74) is 6.58. The van der Waals surface area contributed by atoms with Crippen LogP contribution < -0.4 is 11.1 Å². The molecular weight excluding hydrogens is 280 g/mol. The number of carbonyl (C=O) groups is 2. The molecule has 112 valence electrons. The molecule has 0 bridgehead atoms. The second-order valence-corrected chi connectivity index (χ2v) is 4.19. The first-order chi connectivity index (χ1) is 9.13. The fourth-order valence-corrected chi connectivity index (χ4v) is 1.53. The Bertz CT molecular complexity index is 412. The van der Waals surface area contributed by atoms with Crippen LogP contribution in [0.25, 0.3) is 0 Å². The van der Waals surface area contributed by atoms with Crippen molar-refractivity contribution < 1.29 is 14.3 Å². The van der Waals surface area contributed by atoms with Crippen LogP contribution in [0.1, 0.15) is 25.3 Å². The summed E-state index contributed by atoms with van der Waals surface area (Å²) in [6, 6.07) is 8.62. The van der Waals surface area contributed by atoms with Crippen molar-refractivity contribution in [3.05, 3.63) is 35.9 Å². The number of benzene rings is 1. The van der Waals surface area contributed by atoms with Gasteiger partial charge in [-0.3, -0.25) is 9.59 Å². The Labute approximate surface area is 125 Å². The van der Waals surface area contributed by atoms with E-state index in [4.69, 9.17) is 10.5 Å². The number of ether oxygens (including phenoxy) is 1. The Hall–Kier alpha value is -1.59. The van der Waals surface area contributed by atoms with E-state index in [9.17, 15) is 9.59 Å². The summed E-state index contributed by atoms with van der Waals surface area (Å²) in [5, 5.41) is 2.65. The number of nitrogens with one attached hydrogen (secondary N) is 1. The minimum Gasteiger partial charge on any atom is -0.460 e. The van der Waals surface area contributed by atoms with Crippen LogP contribution in [0.4, 0.5) is 0 Å². The van der Waals surface area contributed by atoms with Gasteiger partial charge in [0.15, 0.2) is 0 Å². The lowest BCUT2D eigenvalue weighted by Crippen LogP contribution is -2.34. The van der Waals surface area contributed by atoms with Crippen molar-refractivity contribution in [1.29, 1.82) is 0 Å². The molecule has 1 amide bonds. The standard InChI is InChI=1S/C14H20N2O3.ClH/c1-2-16-13(17)9-8-12(15)14(18)19-10-11-6-4-3-5-7-11;/h3-7,12H,2,8-10,15H2,1H3,(H,16,17);1H. The van der Waals surface area contributed by atoms with Crippen LogP contribution in [0.15, 0.2) is 30.3 Å². The molecule has 1 aromatic rings. The van der Waals surface area contributed by atoms with Gasteiger partial charge in [0.2, 0.25) is 5.91 Å². The molecule has 1 rings (SSSR count). The molecule has 0 spiro atoms. The summed E-state index contributed by atoms with van der Waals surface area (Å²) in [5.74, 6) is -0.582. The molecule has 1 aromatic carbocycles. The first kappa shape index (κ1) is 18.4. The number of esters is 1. The largest absolute Gasteiger partial charge is 0.460 e. The van der Waals surface area contributed by atoms with Crippen LogP contribution >= 0.6 is 12.4 Å². The molecule has 5 nitrogen and oxygen atoms in total. The Morgan fingerprint density at radius 2 is 1.95 bits per heavy atom. The van der Waals surface area contributed by atoms with Gasteiger partial charge in [-0.2, -0.15) is 0 Å². The highest BCUT2D eigenvalue weighted by Crippen LogP contribution is 2.03. The van der Waals surface area contributed by atoms with Crippen molar-refractivity contribution >= 4 is 24.3 Å². The first-order valence-corrected chi connectivity index (χ1v) is 6.36. The molecule has 0 saturated carbocycles. The van der Waals surface area contributed by atoms with E-state index in [0.29, 0.717) is 13.0 Å². The van der Waals surface area contributed by atoms with E-state index >= 15 is 0 Å². The summed E-state index contributed by atoms with van der Waals surface area (Å²) in [6.07, 6.45) is 0.523. The van der Waals surface area contributed by atoms with Crippen LogP contribution in [0.3, 0.4) is 0 Å². The number of nitrogens with two attached hydrogens (primary N) is 1. The number of rotatable bonds is 7. The van der Waals surface area contributed by atoms with Crippen molar-refractivity contribution in [1.82, 2.24) is 5.32 Å². The lowest BCUT2D eigenvalue weighted by Gasteiger charge is -2.11. The third-order valence-corrected chi connectivity index (χ3v) is 2.58. The van der Waals surface area contributed by atoms with E-state index in [1.165, 1.54) is 0 Å². The van der Waals surface area contributed by atoms with Gasteiger partial charge in [-0.15, -0.1) is 12.4 Å². The zero-order valence-corrected chi connectivity index (χ0v) is 12.3. The predicted molar refractivity (Wildman–Crippen MR) is 79.4 cm³/mol. The second-order valence-electron chi connectivity index (χ2n) is 4.19. The smallest absolute Gasteiger partial charge is 0.323 e. The molecule has 1 atom stereocenters. The predicted octanol–water partition coefficient (Wildman–Crippen LogP) is 1.40. The summed E-state index contributed by atoms with van der Waals surface area (Å²) >= 11 is 0. The quantitative estimate of drug-likeness (QED) is 0.746. The van der Waals surface area contributed by atoms with Crippen molar-refractivity contribution in [3.8, 4) is 0 Å². The molecule has 0 aliphatic heterocycles. The minimum atomic E-state index is -0.758. The van der Waals surface area contributed by atoms with Crippen LogP contribution in [0.5, 0.6) is 0 Å². The van der Waals surface area contributed by atoms with E-state index in [1.807, 2.05) is 37.3 Å². The van der Waals surface area contributed by atoms with Gasteiger partial charge < -0.3 is 15.8 Å².